The van der Waals surface area contributed by atoms with E-state index in [0.29, 0.717) is 12.2 Å². The minimum Gasteiger partial charge on any atom is -0.322 e. The van der Waals surface area contributed by atoms with Crippen LogP contribution in [0.3, 0.4) is 0 Å². The first-order valence-electron chi connectivity index (χ1n) is 9.02. The largest absolute Gasteiger partial charge is 0.322 e. The molecule has 28 heavy (non-hydrogen) atoms. The van der Waals surface area contributed by atoms with Crippen molar-refractivity contribution in [3.05, 3.63) is 76.8 Å². The lowest BCUT2D eigenvalue weighted by Crippen LogP contribution is -2.23. The van der Waals surface area contributed by atoms with Gasteiger partial charge < -0.3 is 5.32 Å². The average Bonchev–Trinajstić information content (AvgIpc) is 3.27. The molecule has 0 fully saturated rings. The fourth-order valence-corrected chi connectivity index (χ4v) is 3.43. The highest BCUT2D eigenvalue weighted by molar-refractivity contribution is 9.10. The standard InChI is InChI=1S/C21H20BrN5O/c1-14-20(22)13-27(25-14)15(2)21(28)24-18-10-23-26(12-18)11-17-8-5-7-16-6-3-4-9-19(16)17/h3-10,12-13,15H,11H2,1-2H3,(H,24,28). The molecule has 0 aliphatic rings. The van der Waals surface area contributed by atoms with Gasteiger partial charge in [-0.2, -0.15) is 10.2 Å². The van der Waals surface area contributed by atoms with E-state index in [2.05, 4.69) is 61.8 Å². The van der Waals surface area contributed by atoms with Crippen LogP contribution in [0.15, 0.2) is 65.5 Å². The van der Waals surface area contributed by atoms with Crippen LogP contribution in [0.4, 0.5) is 5.69 Å². The third-order valence-corrected chi connectivity index (χ3v) is 5.52. The Balaban J connectivity index is 1.47. The van der Waals surface area contributed by atoms with Gasteiger partial charge in [0.25, 0.3) is 0 Å². The quantitative estimate of drug-likeness (QED) is 0.497. The number of nitrogens with one attached hydrogen (secondary N) is 1. The van der Waals surface area contributed by atoms with Crippen molar-refractivity contribution < 1.29 is 4.79 Å². The third kappa shape index (κ3) is 3.71. The van der Waals surface area contributed by atoms with Gasteiger partial charge >= 0.3 is 0 Å². The number of amides is 1. The van der Waals surface area contributed by atoms with E-state index in [0.717, 1.165) is 10.2 Å². The van der Waals surface area contributed by atoms with Crippen LogP contribution in [0.2, 0.25) is 0 Å². The topological polar surface area (TPSA) is 64.7 Å². The molecule has 2 heterocycles. The molecule has 7 heteroatoms. The second-order valence-electron chi connectivity index (χ2n) is 6.77. The SMILES string of the molecule is Cc1nn(C(C)C(=O)Nc2cnn(Cc3cccc4ccccc34)c2)cc1Br. The minimum absolute atomic E-state index is 0.139. The first-order valence-corrected chi connectivity index (χ1v) is 9.82. The number of rotatable bonds is 5. The number of benzene rings is 2. The second kappa shape index (κ2) is 7.59. The van der Waals surface area contributed by atoms with Crippen LogP contribution in [0.1, 0.15) is 24.2 Å². The van der Waals surface area contributed by atoms with Crippen molar-refractivity contribution in [2.75, 3.05) is 5.32 Å². The fourth-order valence-electron chi connectivity index (χ4n) is 3.14. The molecular weight excluding hydrogens is 418 g/mol. The number of halogens is 1. The molecule has 1 N–H and O–H groups in total. The van der Waals surface area contributed by atoms with Gasteiger partial charge in [0.05, 0.1) is 28.6 Å². The first-order chi connectivity index (χ1) is 13.5. The molecule has 1 atom stereocenters. The Hall–Kier alpha value is -2.93. The summed E-state index contributed by atoms with van der Waals surface area (Å²) in [6.45, 7) is 4.34. The van der Waals surface area contributed by atoms with Crippen LogP contribution in [0.5, 0.6) is 0 Å². The van der Waals surface area contributed by atoms with Crippen LogP contribution < -0.4 is 5.32 Å². The maximum absolute atomic E-state index is 12.6. The van der Waals surface area contributed by atoms with Crippen LogP contribution in [-0.2, 0) is 11.3 Å². The lowest BCUT2D eigenvalue weighted by atomic mass is 10.0. The van der Waals surface area contributed by atoms with Crippen LogP contribution in [-0.4, -0.2) is 25.5 Å². The predicted molar refractivity (Wildman–Crippen MR) is 113 cm³/mol. The molecule has 1 unspecified atom stereocenters. The van der Waals surface area contributed by atoms with Gasteiger partial charge in [0, 0.05) is 12.4 Å². The van der Waals surface area contributed by atoms with Gasteiger partial charge in [-0.3, -0.25) is 14.2 Å². The van der Waals surface area contributed by atoms with E-state index in [1.807, 2.05) is 43.1 Å². The zero-order chi connectivity index (χ0) is 19.7. The molecule has 0 radical (unpaired) electrons. The Kier molecular flexibility index (Phi) is 5.00. The van der Waals surface area contributed by atoms with Gasteiger partial charge in [0.2, 0.25) is 5.91 Å². The highest BCUT2D eigenvalue weighted by Gasteiger charge is 2.18. The average molecular weight is 438 g/mol. The van der Waals surface area contributed by atoms with Gasteiger partial charge in [-0.1, -0.05) is 42.5 Å². The number of nitrogens with zero attached hydrogens (tertiary/aromatic N) is 4. The fraction of sp³-hybridized carbons (Fsp3) is 0.190. The number of aromatic nitrogens is 4. The molecule has 0 bridgehead atoms. The van der Waals surface area contributed by atoms with Gasteiger partial charge in [0.1, 0.15) is 6.04 Å². The first kappa shape index (κ1) is 18.4. The van der Waals surface area contributed by atoms with Crippen molar-refractivity contribution in [2.24, 2.45) is 0 Å². The molecule has 2 aromatic heterocycles. The maximum Gasteiger partial charge on any atom is 0.249 e. The molecule has 4 rings (SSSR count). The summed E-state index contributed by atoms with van der Waals surface area (Å²) < 4.78 is 4.36. The smallest absolute Gasteiger partial charge is 0.249 e. The number of hydrogen-bond acceptors (Lipinski definition) is 3. The lowest BCUT2D eigenvalue weighted by molar-refractivity contribution is -0.119. The minimum atomic E-state index is -0.425. The third-order valence-electron chi connectivity index (χ3n) is 4.75. The predicted octanol–water partition coefficient (Wildman–Crippen LogP) is 4.55. The van der Waals surface area contributed by atoms with Gasteiger partial charge in [-0.15, -0.1) is 0 Å². The summed E-state index contributed by atoms with van der Waals surface area (Å²) in [5.74, 6) is -0.139. The lowest BCUT2D eigenvalue weighted by Gasteiger charge is -2.11. The number of carbonyl (C=O) groups is 1. The van der Waals surface area contributed by atoms with Gasteiger partial charge in [-0.05, 0) is 46.1 Å². The molecular formula is C21H20BrN5O. The highest BCUT2D eigenvalue weighted by Crippen LogP contribution is 2.21. The summed E-state index contributed by atoms with van der Waals surface area (Å²) in [5, 5.41) is 14.1. The van der Waals surface area contributed by atoms with Crippen LogP contribution >= 0.6 is 15.9 Å². The van der Waals surface area contributed by atoms with Crippen molar-refractivity contribution in [3.8, 4) is 0 Å². The zero-order valence-electron chi connectivity index (χ0n) is 15.6. The van der Waals surface area contributed by atoms with E-state index in [-0.39, 0.29) is 5.91 Å². The van der Waals surface area contributed by atoms with Crippen molar-refractivity contribution in [1.82, 2.24) is 19.6 Å². The van der Waals surface area contributed by atoms with Crippen molar-refractivity contribution in [1.29, 1.82) is 0 Å². The van der Waals surface area contributed by atoms with Gasteiger partial charge in [-0.25, -0.2) is 0 Å². The van der Waals surface area contributed by atoms with E-state index in [4.69, 9.17) is 0 Å². The number of fused-ring (bicyclic) bond motifs is 1. The molecule has 6 nitrogen and oxygen atoms in total. The number of hydrogen-bond donors (Lipinski definition) is 1. The maximum atomic E-state index is 12.6. The van der Waals surface area contributed by atoms with Gasteiger partial charge in [0.15, 0.2) is 0 Å². The van der Waals surface area contributed by atoms with E-state index in [1.54, 1.807) is 10.9 Å². The molecule has 0 aliphatic carbocycles. The Morgan fingerprint density at radius 1 is 1.18 bits per heavy atom. The van der Waals surface area contributed by atoms with E-state index < -0.39 is 6.04 Å². The van der Waals surface area contributed by atoms with Crippen molar-refractivity contribution in [2.45, 2.75) is 26.4 Å². The summed E-state index contributed by atoms with van der Waals surface area (Å²) in [6.07, 6.45) is 5.32. The Morgan fingerprint density at radius 2 is 1.96 bits per heavy atom. The second-order valence-corrected chi connectivity index (χ2v) is 7.63. The van der Waals surface area contributed by atoms with Crippen molar-refractivity contribution >= 4 is 38.3 Å². The molecule has 1 amide bonds. The summed E-state index contributed by atoms with van der Waals surface area (Å²) in [5.41, 5.74) is 2.70. The van der Waals surface area contributed by atoms with Crippen LogP contribution in [0, 0.1) is 6.92 Å². The molecule has 0 saturated heterocycles. The van der Waals surface area contributed by atoms with Crippen molar-refractivity contribution in [3.63, 3.8) is 0 Å². The normalized spacial score (nSPS) is 12.2. The molecule has 0 saturated carbocycles. The van der Waals surface area contributed by atoms with Crippen LogP contribution in [0.25, 0.3) is 10.8 Å². The molecule has 4 aromatic rings. The zero-order valence-corrected chi connectivity index (χ0v) is 17.2. The highest BCUT2D eigenvalue weighted by atomic mass is 79.9. The monoisotopic (exact) mass is 437 g/mol. The molecule has 0 spiro atoms. The number of aryl methyl sites for hydroxylation is 1. The Bertz CT molecular complexity index is 1120. The Morgan fingerprint density at radius 3 is 2.75 bits per heavy atom. The van der Waals surface area contributed by atoms with E-state index in [1.165, 1.54) is 16.3 Å². The Labute approximate surface area is 171 Å². The molecule has 2 aromatic carbocycles. The number of anilines is 1. The summed E-state index contributed by atoms with van der Waals surface area (Å²) in [6, 6.07) is 14.1. The van der Waals surface area contributed by atoms with E-state index >= 15 is 0 Å². The summed E-state index contributed by atoms with van der Waals surface area (Å²) in [4.78, 5) is 12.6. The van der Waals surface area contributed by atoms with E-state index in [9.17, 15) is 4.79 Å². The molecule has 0 aliphatic heterocycles. The number of carbonyl (C=O) groups excluding carboxylic acids is 1. The summed E-state index contributed by atoms with van der Waals surface area (Å²) >= 11 is 3.42. The summed E-state index contributed by atoms with van der Waals surface area (Å²) in [7, 11) is 0. The molecule has 142 valence electrons.